The molecule has 6 nitrogen and oxygen atoms in total. The van der Waals surface area contributed by atoms with Crippen LogP contribution in [0, 0.1) is 0 Å². The molecule has 1 saturated heterocycles. The van der Waals surface area contributed by atoms with Gasteiger partial charge in [-0.2, -0.15) is 0 Å². The van der Waals surface area contributed by atoms with Gasteiger partial charge in [0.2, 0.25) is 11.8 Å². The quantitative estimate of drug-likeness (QED) is 0.834. The van der Waals surface area contributed by atoms with E-state index in [2.05, 4.69) is 10.2 Å². The molecule has 0 atom stereocenters. The highest BCUT2D eigenvalue weighted by atomic mass is 16.5. The van der Waals surface area contributed by atoms with Gasteiger partial charge in [0.25, 0.3) is 0 Å². The third-order valence-corrected chi connectivity index (χ3v) is 3.52. The van der Waals surface area contributed by atoms with Crippen molar-refractivity contribution in [2.45, 2.75) is 6.42 Å². The van der Waals surface area contributed by atoms with E-state index in [9.17, 15) is 9.59 Å². The lowest BCUT2D eigenvalue weighted by molar-refractivity contribution is -0.135. The van der Waals surface area contributed by atoms with Gasteiger partial charge in [-0.3, -0.25) is 9.59 Å². The number of hydrogen-bond acceptors (Lipinski definition) is 4. The van der Waals surface area contributed by atoms with E-state index in [4.69, 9.17) is 4.74 Å². The van der Waals surface area contributed by atoms with Crippen LogP contribution in [0.2, 0.25) is 0 Å². The number of methoxy groups -OCH3 is 1. The zero-order valence-electron chi connectivity index (χ0n) is 12.5. The number of rotatable bonds is 4. The van der Waals surface area contributed by atoms with E-state index in [0.717, 1.165) is 13.1 Å². The highest BCUT2D eigenvalue weighted by molar-refractivity contribution is 6.03. The molecule has 0 unspecified atom stereocenters. The molecule has 2 rings (SSSR count). The highest BCUT2D eigenvalue weighted by Crippen LogP contribution is 2.16. The smallest absolute Gasteiger partial charge is 0.233 e. The molecule has 0 saturated carbocycles. The van der Waals surface area contributed by atoms with Crippen molar-refractivity contribution in [3.63, 3.8) is 0 Å². The summed E-state index contributed by atoms with van der Waals surface area (Å²) in [7, 11) is 3.59. The van der Waals surface area contributed by atoms with Crippen LogP contribution in [0.25, 0.3) is 0 Å². The molecule has 0 aromatic heterocycles. The topological polar surface area (TPSA) is 61.9 Å². The Morgan fingerprint density at radius 3 is 2.62 bits per heavy atom. The van der Waals surface area contributed by atoms with Crippen LogP contribution in [-0.2, 0) is 9.59 Å². The maximum atomic E-state index is 12.1. The molecular weight excluding hydrogens is 270 g/mol. The van der Waals surface area contributed by atoms with Crippen molar-refractivity contribution in [1.82, 2.24) is 9.80 Å². The Morgan fingerprint density at radius 1 is 1.24 bits per heavy atom. The zero-order chi connectivity index (χ0) is 15.2. The van der Waals surface area contributed by atoms with Gasteiger partial charge in [-0.05, 0) is 19.2 Å². The number of nitrogens with one attached hydrogen (secondary N) is 1. The van der Waals surface area contributed by atoms with Gasteiger partial charge in [-0.25, -0.2) is 0 Å². The number of hydrogen-bond donors (Lipinski definition) is 1. The number of likely N-dealkylation sites (N-methyl/N-ethyl adjacent to an activating group) is 1. The van der Waals surface area contributed by atoms with Crippen molar-refractivity contribution < 1.29 is 14.3 Å². The summed E-state index contributed by atoms with van der Waals surface area (Å²) in [5, 5.41) is 2.72. The first-order valence-corrected chi connectivity index (χ1v) is 6.98. The van der Waals surface area contributed by atoms with Crippen LogP contribution in [0.1, 0.15) is 6.42 Å². The van der Waals surface area contributed by atoms with Gasteiger partial charge in [-0.15, -0.1) is 0 Å². The standard InChI is InChI=1S/C15H21N3O3/c1-17-6-8-18(9-7-17)15(20)11-14(19)16-12-4-3-5-13(10-12)21-2/h3-5,10H,6-9,11H2,1-2H3,(H,16,19). The molecule has 1 aromatic rings. The van der Waals surface area contributed by atoms with Gasteiger partial charge in [0, 0.05) is 37.9 Å². The van der Waals surface area contributed by atoms with Crippen LogP contribution in [0.5, 0.6) is 5.75 Å². The second-order valence-electron chi connectivity index (χ2n) is 5.14. The van der Waals surface area contributed by atoms with Crippen molar-refractivity contribution in [1.29, 1.82) is 0 Å². The monoisotopic (exact) mass is 291 g/mol. The minimum Gasteiger partial charge on any atom is -0.497 e. The van der Waals surface area contributed by atoms with Crippen molar-refractivity contribution in [2.24, 2.45) is 0 Å². The average molecular weight is 291 g/mol. The van der Waals surface area contributed by atoms with E-state index in [-0.39, 0.29) is 18.2 Å². The number of benzene rings is 1. The summed E-state index contributed by atoms with van der Waals surface area (Å²) in [6, 6.07) is 7.07. The first-order valence-electron chi connectivity index (χ1n) is 6.98. The molecule has 0 bridgehead atoms. The van der Waals surface area contributed by atoms with Crippen LogP contribution in [0.15, 0.2) is 24.3 Å². The summed E-state index contributed by atoms with van der Waals surface area (Å²) >= 11 is 0. The molecule has 1 aromatic carbocycles. The van der Waals surface area contributed by atoms with Crippen molar-refractivity contribution >= 4 is 17.5 Å². The predicted octanol–water partition coefficient (Wildman–Crippen LogP) is 0.798. The Kier molecular flexibility index (Phi) is 5.16. The SMILES string of the molecule is COc1cccc(NC(=O)CC(=O)N2CCN(C)CC2)c1. The van der Waals surface area contributed by atoms with Gasteiger partial charge >= 0.3 is 0 Å². The molecule has 1 aliphatic heterocycles. The Morgan fingerprint density at radius 2 is 1.95 bits per heavy atom. The summed E-state index contributed by atoms with van der Waals surface area (Å²) in [5.41, 5.74) is 0.630. The van der Waals surface area contributed by atoms with E-state index in [1.807, 2.05) is 7.05 Å². The molecule has 21 heavy (non-hydrogen) atoms. The molecule has 0 spiro atoms. The third kappa shape index (κ3) is 4.46. The zero-order valence-corrected chi connectivity index (χ0v) is 12.5. The second kappa shape index (κ2) is 7.08. The summed E-state index contributed by atoms with van der Waals surface area (Å²) < 4.78 is 5.09. The maximum absolute atomic E-state index is 12.1. The van der Waals surface area contributed by atoms with Crippen molar-refractivity contribution in [3.05, 3.63) is 24.3 Å². The molecule has 2 amide bonds. The van der Waals surface area contributed by atoms with Crippen LogP contribution in [0.3, 0.4) is 0 Å². The molecule has 1 heterocycles. The van der Waals surface area contributed by atoms with Crippen molar-refractivity contribution in [3.8, 4) is 5.75 Å². The minimum absolute atomic E-state index is 0.122. The fourth-order valence-corrected chi connectivity index (χ4v) is 2.21. The van der Waals surface area contributed by atoms with E-state index in [1.165, 1.54) is 0 Å². The minimum atomic E-state index is -0.299. The lowest BCUT2D eigenvalue weighted by atomic mass is 10.2. The number of nitrogens with zero attached hydrogens (tertiary/aromatic N) is 2. The molecule has 0 radical (unpaired) electrons. The van der Waals surface area contributed by atoms with Gasteiger partial charge in [0.15, 0.2) is 0 Å². The Bertz CT molecular complexity index is 511. The van der Waals surface area contributed by atoms with Gasteiger partial charge in [-0.1, -0.05) is 6.07 Å². The lowest BCUT2D eigenvalue weighted by Crippen LogP contribution is -2.47. The fourth-order valence-electron chi connectivity index (χ4n) is 2.21. The van der Waals surface area contributed by atoms with E-state index >= 15 is 0 Å². The average Bonchev–Trinajstić information content (AvgIpc) is 2.47. The second-order valence-corrected chi connectivity index (χ2v) is 5.14. The maximum Gasteiger partial charge on any atom is 0.233 e. The first-order chi connectivity index (χ1) is 10.1. The third-order valence-electron chi connectivity index (χ3n) is 3.52. The Labute approximate surface area is 124 Å². The van der Waals surface area contributed by atoms with E-state index < -0.39 is 0 Å². The molecule has 1 N–H and O–H groups in total. The number of anilines is 1. The first kappa shape index (κ1) is 15.3. The molecule has 6 heteroatoms. The lowest BCUT2D eigenvalue weighted by Gasteiger charge is -2.32. The van der Waals surface area contributed by atoms with Gasteiger partial charge in [0.05, 0.1) is 7.11 Å². The number of carbonyl (C=O) groups is 2. The summed E-state index contributed by atoms with van der Waals surface area (Å²) in [4.78, 5) is 27.9. The summed E-state index contributed by atoms with van der Waals surface area (Å²) in [6.45, 7) is 3.07. The number of ether oxygens (including phenoxy) is 1. The number of amides is 2. The van der Waals surface area contributed by atoms with Crippen molar-refractivity contribution in [2.75, 3.05) is 45.7 Å². The fraction of sp³-hybridized carbons (Fsp3) is 0.467. The van der Waals surface area contributed by atoms with Gasteiger partial charge in [0.1, 0.15) is 12.2 Å². The molecular formula is C15H21N3O3. The van der Waals surface area contributed by atoms with Crippen LogP contribution in [0.4, 0.5) is 5.69 Å². The molecule has 1 fully saturated rings. The number of piperazine rings is 1. The van der Waals surface area contributed by atoms with Crippen LogP contribution >= 0.6 is 0 Å². The predicted molar refractivity (Wildman–Crippen MR) is 80.3 cm³/mol. The molecule has 1 aliphatic rings. The highest BCUT2D eigenvalue weighted by Gasteiger charge is 2.21. The number of carbonyl (C=O) groups excluding carboxylic acids is 2. The van der Waals surface area contributed by atoms with Crippen LogP contribution in [-0.4, -0.2) is 62.0 Å². The normalized spacial score (nSPS) is 15.6. The largest absolute Gasteiger partial charge is 0.497 e. The van der Waals surface area contributed by atoms with E-state index in [0.29, 0.717) is 24.5 Å². The van der Waals surface area contributed by atoms with Gasteiger partial charge < -0.3 is 19.9 Å². The van der Waals surface area contributed by atoms with E-state index in [1.54, 1.807) is 36.3 Å². The Balaban J connectivity index is 1.85. The summed E-state index contributed by atoms with van der Waals surface area (Å²) in [6.07, 6.45) is -0.124. The van der Waals surface area contributed by atoms with Crippen LogP contribution < -0.4 is 10.1 Å². The Hall–Kier alpha value is -2.08. The molecule has 114 valence electrons. The summed E-state index contributed by atoms with van der Waals surface area (Å²) in [5.74, 6) is 0.244. The molecule has 0 aliphatic carbocycles.